The van der Waals surface area contributed by atoms with Gasteiger partial charge in [0.25, 0.3) is 0 Å². The molecule has 1 N–H and O–H groups in total. The van der Waals surface area contributed by atoms with Gasteiger partial charge in [-0.25, -0.2) is 0 Å². The molecule has 0 aliphatic carbocycles. The predicted molar refractivity (Wildman–Crippen MR) is 63.2 cm³/mol. The van der Waals surface area contributed by atoms with Gasteiger partial charge in [-0.3, -0.25) is 0 Å². The van der Waals surface area contributed by atoms with Crippen molar-refractivity contribution < 1.29 is 17.9 Å². The van der Waals surface area contributed by atoms with Crippen molar-refractivity contribution in [3.63, 3.8) is 0 Å². The minimum Gasteiger partial charge on any atom is -0.492 e. The first-order valence-electron chi connectivity index (χ1n) is 5.09. The molecular weight excluding hydrogens is 251 g/mol. The number of thioether (sulfide) groups is 1. The lowest BCUT2D eigenvalue weighted by Crippen LogP contribution is -2.10. The summed E-state index contributed by atoms with van der Waals surface area (Å²) in [5.41, 5.74) is -3.25. The molecule has 1 rings (SSSR count). The number of hydrogen-bond acceptors (Lipinski definition) is 3. The van der Waals surface area contributed by atoms with E-state index in [-0.39, 0.29) is 24.1 Å². The molecule has 1 aromatic carbocycles. The van der Waals surface area contributed by atoms with Crippen LogP contribution in [0.15, 0.2) is 24.3 Å². The highest BCUT2D eigenvalue weighted by Crippen LogP contribution is 2.30. The number of para-hydroxylation sites is 1. The van der Waals surface area contributed by atoms with E-state index in [2.05, 4.69) is 5.32 Å². The second-order valence-corrected chi connectivity index (χ2v) is 4.44. The number of nitrogens with one attached hydrogen (secondary N) is 1. The summed E-state index contributed by atoms with van der Waals surface area (Å²) in [6, 6.07) is 7.29. The van der Waals surface area contributed by atoms with Crippen LogP contribution in [0.4, 0.5) is 13.2 Å². The minimum absolute atomic E-state index is 0.0465. The first-order valence-corrected chi connectivity index (χ1v) is 6.07. The standard InChI is InChI=1S/C11H14F3NOS/c1-15-8-9-4-2-3-5-10(9)16-6-7-17-11(12,13)14/h2-5,15H,6-8H2,1H3. The quantitative estimate of drug-likeness (QED) is 0.799. The first-order chi connectivity index (χ1) is 8.03. The van der Waals surface area contributed by atoms with Gasteiger partial charge in [-0.2, -0.15) is 13.2 Å². The zero-order chi connectivity index (χ0) is 12.7. The summed E-state index contributed by atoms with van der Waals surface area (Å²) in [6.07, 6.45) is 0. The first kappa shape index (κ1) is 14.2. The third kappa shape index (κ3) is 5.83. The SMILES string of the molecule is CNCc1ccccc1OCCSC(F)(F)F. The molecule has 17 heavy (non-hydrogen) atoms. The van der Waals surface area contributed by atoms with Crippen molar-refractivity contribution in [2.75, 3.05) is 19.4 Å². The van der Waals surface area contributed by atoms with E-state index >= 15 is 0 Å². The van der Waals surface area contributed by atoms with Gasteiger partial charge in [0.05, 0.1) is 6.61 Å². The molecule has 0 fully saturated rings. The van der Waals surface area contributed by atoms with Crippen molar-refractivity contribution >= 4 is 11.8 Å². The summed E-state index contributed by atoms with van der Waals surface area (Å²) in [4.78, 5) is 0. The fourth-order valence-corrected chi connectivity index (χ4v) is 1.69. The lowest BCUT2D eigenvalue weighted by molar-refractivity contribution is -0.0329. The van der Waals surface area contributed by atoms with E-state index in [4.69, 9.17) is 4.74 Å². The number of benzene rings is 1. The second-order valence-electron chi connectivity index (χ2n) is 3.28. The van der Waals surface area contributed by atoms with Gasteiger partial charge >= 0.3 is 5.51 Å². The maximum absolute atomic E-state index is 11.9. The minimum atomic E-state index is -4.19. The summed E-state index contributed by atoms with van der Waals surface area (Å²) >= 11 is -0.0686. The summed E-state index contributed by atoms with van der Waals surface area (Å²) < 4.78 is 41.0. The van der Waals surface area contributed by atoms with Crippen LogP contribution in [-0.2, 0) is 6.54 Å². The van der Waals surface area contributed by atoms with Crippen LogP contribution in [-0.4, -0.2) is 24.9 Å². The van der Waals surface area contributed by atoms with E-state index in [0.717, 1.165) is 5.56 Å². The Labute approximate surface area is 103 Å². The summed E-state index contributed by atoms with van der Waals surface area (Å²) in [5, 5.41) is 2.97. The Morgan fingerprint density at radius 2 is 2.00 bits per heavy atom. The molecule has 0 aliphatic heterocycles. The van der Waals surface area contributed by atoms with E-state index in [0.29, 0.717) is 12.3 Å². The molecule has 0 unspecified atom stereocenters. The lowest BCUT2D eigenvalue weighted by atomic mass is 10.2. The van der Waals surface area contributed by atoms with Crippen LogP contribution in [0.5, 0.6) is 5.75 Å². The molecule has 0 saturated carbocycles. The number of hydrogen-bond donors (Lipinski definition) is 1. The van der Waals surface area contributed by atoms with Crippen LogP contribution in [0.1, 0.15) is 5.56 Å². The predicted octanol–water partition coefficient (Wildman–Crippen LogP) is 3.04. The Morgan fingerprint density at radius 1 is 1.29 bits per heavy atom. The van der Waals surface area contributed by atoms with E-state index < -0.39 is 5.51 Å². The Kier molecular flexibility index (Phi) is 5.64. The highest BCUT2D eigenvalue weighted by atomic mass is 32.2. The summed E-state index contributed by atoms with van der Waals surface area (Å²) in [6.45, 7) is 0.674. The van der Waals surface area contributed by atoms with Crippen LogP contribution < -0.4 is 10.1 Å². The topological polar surface area (TPSA) is 21.3 Å². The highest BCUT2D eigenvalue weighted by Gasteiger charge is 2.27. The Hall–Kier alpha value is -0.880. The average molecular weight is 265 g/mol. The third-order valence-electron chi connectivity index (χ3n) is 1.95. The molecule has 0 atom stereocenters. The molecule has 0 aromatic heterocycles. The Balaban J connectivity index is 2.41. The lowest BCUT2D eigenvalue weighted by Gasteiger charge is -2.11. The van der Waals surface area contributed by atoms with Crippen molar-refractivity contribution in [1.29, 1.82) is 0 Å². The number of halogens is 3. The summed E-state index contributed by atoms with van der Waals surface area (Å²) in [5.74, 6) is 0.529. The molecule has 1 aromatic rings. The molecule has 0 radical (unpaired) electrons. The van der Waals surface area contributed by atoms with Gasteiger partial charge < -0.3 is 10.1 Å². The van der Waals surface area contributed by atoms with Crippen LogP contribution in [0, 0.1) is 0 Å². The van der Waals surface area contributed by atoms with Crippen LogP contribution in [0.25, 0.3) is 0 Å². The molecular formula is C11H14F3NOS. The zero-order valence-electron chi connectivity index (χ0n) is 9.38. The number of ether oxygens (including phenoxy) is 1. The van der Waals surface area contributed by atoms with E-state index in [9.17, 15) is 13.2 Å². The molecule has 0 aliphatic rings. The van der Waals surface area contributed by atoms with Crippen LogP contribution in [0.2, 0.25) is 0 Å². The number of alkyl halides is 3. The van der Waals surface area contributed by atoms with E-state index in [1.165, 1.54) is 0 Å². The molecule has 96 valence electrons. The Bertz CT molecular complexity index is 344. The van der Waals surface area contributed by atoms with Gasteiger partial charge in [0.15, 0.2) is 0 Å². The van der Waals surface area contributed by atoms with Gasteiger partial charge in [-0.1, -0.05) is 18.2 Å². The monoisotopic (exact) mass is 265 g/mol. The second kappa shape index (κ2) is 6.76. The van der Waals surface area contributed by atoms with Crippen LogP contribution in [0.3, 0.4) is 0 Å². The van der Waals surface area contributed by atoms with Crippen molar-refractivity contribution in [2.45, 2.75) is 12.1 Å². The smallest absolute Gasteiger partial charge is 0.441 e. The molecule has 0 spiro atoms. The molecule has 0 amide bonds. The zero-order valence-corrected chi connectivity index (χ0v) is 10.2. The van der Waals surface area contributed by atoms with Crippen molar-refractivity contribution in [2.24, 2.45) is 0 Å². The number of rotatable bonds is 6. The highest BCUT2D eigenvalue weighted by molar-refractivity contribution is 8.00. The fourth-order valence-electron chi connectivity index (χ4n) is 1.29. The maximum Gasteiger partial charge on any atom is 0.441 e. The molecule has 0 heterocycles. The summed E-state index contributed by atoms with van der Waals surface area (Å²) in [7, 11) is 1.80. The average Bonchev–Trinajstić information content (AvgIpc) is 2.25. The van der Waals surface area contributed by atoms with Crippen molar-refractivity contribution in [3.8, 4) is 5.75 Å². The van der Waals surface area contributed by atoms with Gasteiger partial charge in [0, 0.05) is 17.9 Å². The molecule has 2 nitrogen and oxygen atoms in total. The van der Waals surface area contributed by atoms with Gasteiger partial charge in [-0.15, -0.1) is 0 Å². The maximum atomic E-state index is 11.9. The normalized spacial score (nSPS) is 11.5. The van der Waals surface area contributed by atoms with E-state index in [1.54, 1.807) is 19.2 Å². The molecule has 0 bridgehead atoms. The van der Waals surface area contributed by atoms with Gasteiger partial charge in [-0.05, 0) is 24.9 Å². The van der Waals surface area contributed by atoms with Crippen LogP contribution >= 0.6 is 11.8 Å². The van der Waals surface area contributed by atoms with Gasteiger partial charge in [0.1, 0.15) is 5.75 Å². The molecule has 0 saturated heterocycles. The van der Waals surface area contributed by atoms with Gasteiger partial charge in [0.2, 0.25) is 0 Å². The largest absolute Gasteiger partial charge is 0.492 e. The van der Waals surface area contributed by atoms with Crippen molar-refractivity contribution in [3.05, 3.63) is 29.8 Å². The molecule has 6 heteroatoms. The van der Waals surface area contributed by atoms with E-state index in [1.807, 2.05) is 12.1 Å². The van der Waals surface area contributed by atoms with Crippen molar-refractivity contribution in [1.82, 2.24) is 5.32 Å². The Morgan fingerprint density at radius 3 is 2.65 bits per heavy atom. The fraction of sp³-hybridized carbons (Fsp3) is 0.455. The third-order valence-corrected chi connectivity index (χ3v) is 2.64.